The van der Waals surface area contributed by atoms with Gasteiger partial charge >= 0.3 is 0 Å². The van der Waals surface area contributed by atoms with Crippen molar-refractivity contribution in [3.05, 3.63) is 29.7 Å². The third-order valence-electron chi connectivity index (χ3n) is 3.92. The molecule has 100 valence electrons. The van der Waals surface area contributed by atoms with E-state index in [4.69, 9.17) is 10.2 Å². The van der Waals surface area contributed by atoms with Crippen LogP contribution in [0.5, 0.6) is 0 Å². The first-order valence-electron chi connectivity index (χ1n) is 6.94. The molecular formula is C15H19N3O. The van der Waals surface area contributed by atoms with Crippen molar-refractivity contribution in [2.24, 2.45) is 0 Å². The summed E-state index contributed by atoms with van der Waals surface area (Å²) in [6, 6.07) is 5.85. The van der Waals surface area contributed by atoms with Gasteiger partial charge in [0, 0.05) is 17.2 Å². The van der Waals surface area contributed by atoms with E-state index in [1.54, 1.807) is 0 Å². The molecule has 0 radical (unpaired) electrons. The molecule has 0 aliphatic heterocycles. The maximum Gasteiger partial charge on any atom is 0.247 e. The van der Waals surface area contributed by atoms with Crippen LogP contribution in [-0.4, -0.2) is 10.2 Å². The second kappa shape index (κ2) is 5.03. The normalized spacial score (nSPS) is 16.7. The summed E-state index contributed by atoms with van der Waals surface area (Å²) in [6.07, 6.45) is 6.18. The number of aryl methyl sites for hydroxylation is 1. The topological polar surface area (TPSA) is 64.9 Å². The van der Waals surface area contributed by atoms with E-state index in [0.29, 0.717) is 11.8 Å². The standard InChI is InChI=1S/C15H19N3O/c1-10-7-8-12(9-13(10)16)15-18-17-14(19-15)11-5-3-2-4-6-11/h7-9,11H,2-6,16H2,1H3. The summed E-state index contributed by atoms with van der Waals surface area (Å²) < 4.78 is 5.83. The Kier molecular flexibility index (Phi) is 3.23. The fraction of sp³-hybridized carbons (Fsp3) is 0.467. The molecule has 4 heteroatoms. The molecular weight excluding hydrogens is 238 g/mol. The van der Waals surface area contributed by atoms with Crippen molar-refractivity contribution in [3.63, 3.8) is 0 Å². The van der Waals surface area contributed by atoms with Crippen molar-refractivity contribution in [1.29, 1.82) is 0 Å². The van der Waals surface area contributed by atoms with Crippen LogP contribution in [0.25, 0.3) is 11.5 Å². The van der Waals surface area contributed by atoms with E-state index in [2.05, 4.69) is 10.2 Å². The number of nitrogens with two attached hydrogens (primary N) is 1. The molecule has 0 unspecified atom stereocenters. The quantitative estimate of drug-likeness (QED) is 0.833. The number of hydrogen-bond acceptors (Lipinski definition) is 4. The Bertz CT molecular complexity index is 571. The van der Waals surface area contributed by atoms with Gasteiger partial charge in [0.1, 0.15) is 0 Å². The Morgan fingerprint density at radius 1 is 1.16 bits per heavy atom. The minimum absolute atomic E-state index is 0.442. The monoisotopic (exact) mass is 257 g/mol. The molecule has 0 atom stereocenters. The Hall–Kier alpha value is -1.84. The summed E-state index contributed by atoms with van der Waals surface area (Å²) in [7, 11) is 0. The highest BCUT2D eigenvalue weighted by molar-refractivity contribution is 5.62. The molecule has 1 saturated carbocycles. The predicted octanol–water partition coefficient (Wildman–Crippen LogP) is 3.67. The zero-order valence-electron chi connectivity index (χ0n) is 11.2. The van der Waals surface area contributed by atoms with Crippen molar-refractivity contribution >= 4 is 5.69 Å². The molecule has 0 spiro atoms. The zero-order chi connectivity index (χ0) is 13.2. The lowest BCUT2D eigenvalue weighted by atomic mass is 9.89. The van der Waals surface area contributed by atoms with Crippen LogP contribution in [0.1, 0.15) is 49.5 Å². The second-order valence-corrected chi connectivity index (χ2v) is 5.35. The van der Waals surface area contributed by atoms with Crippen molar-refractivity contribution in [2.75, 3.05) is 5.73 Å². The van der Waals surface area contributed by atoms with E-state index in [1.165, 1.54) is 19.3 Å². The van der Waals surface area contributed by atoms with Gasteiger partial charge < -0.3 is 10.2 Å². The number of nitrogens with zero attached hydrogens (tertiary/aromatic N) is 2. The summed E-state index contributed by atoms with van der Waals surface area (Å²) in [4.78, 5) is 0. The van der Waals surface area contributed by atoms with E-state index in [-0.39, 0.29) is 0 Å². The van der Waals surface area contributed by atoms with E-state index in [9.17, 15) is 0 Å². The van der Waals surface area contributed by atoms with Gasteiger partial charge in [0.2, 0.25) is 11.8 Å². The number of benzene rings is 1. The Labute approximate surface area is 113 Å². The van der Waals surface area contributed by atoms with Crippen LogP contribution in [0.4, 0.5) is 5.69 Å². The molecule has 0 amide bonds. The van der Waals surface area contributed by atoms with Crippen LogP contribution in [0.2, 0.25) is 0 Å². The molecule has 1 aliphatic carbocycles. The summed E-state index contributed by atoms with van der Waals surface area (Å²) in [5.41, 5.74) is 8.64. The Morgan fingerprint density at radius 2 is 1.95 bits per heavy atom. The fourth-order valence-corrected chi connectivity index (χ4v) is 2.64. The van der Waals surface area contributed by atoms with Gasteiger partial charge in [-0.25, -0.2) is 0 Å². The molecule has 0 saturated heterocycles. The summed E-state index contributed by atoms with van der Waals surface area (Å²) >= 11 is 0. The number of aromatic nitrogens is 2. The predicted molar refractivity (Wildman–Crippen MR) is 74.7 cm³/mol. The molecule has 19 heavy (non-hydrogen) atoms. The van der Waals surface area contributed by atoms with Gasteiger partial charge in [-0.3, -0.25) is 0 Å². The summed E-state index contributed by atoms with van der Waals surface area (Å²) in [5.74, 6) is 1.80. The van der Waals surface area contributed by atoms with Crippen LogP contribution in [0, 0.1) is 6.92 Å². The first-order chi connectivity index (χ1) is 9.24. The van der Waals surface area contributed by atoms with Crippen LogP contribution in [0.3, 0.4) is 0 Å². The fourth-order valence-electron chi connectivity index (χ4n) is 2.64. The average Bonchev–Trinajstić information content (AvgIpc) is 2.93. The van der Waals surface area contributed by atoms with Gasteiger partial charge in [-0.15, -0.1) is 10.2 Å². The van der Waals surface area contributed by atoms with Crippen LogP contribution < -0.4 is 5.73 Å². The highest BCUT2D eigenvalue weighted by Gasteiger charge is 2.21. The van der Waals surface area contributed by atoms with Gasteiger partial charge in [0.05, 0.1) is 0 Å². The first-order valence-corrected chi connectivity index (χ1v) is 6.94. The molecule has 1 aliphatic rings. The minimum Gasteiger partial charge on any atom is -0.420 e. The third-order valence-corrected chi connectivity index (χ3v) is 3.92. The van der Waals surface area contributed by atoms with E-state index >= 15 is 0 Å². The van der Waals surface area contributed by atoms with Gasteiger partial charge in [0.25, 0.3) is 0 Å². The summed E-state index contributed by atoms with van der Waals surface area (Å²) in [5, 5.41) is 8.37. The molecule has 2 aromatic rings. The van der Waals surface area contributed by atoms with E-state index in [1.807, 2.05) is 25.1 Å². The molecule has 0 bridgehead atoms. The molecule has 3 rings (SSSR count). The van der Waals surface area contributed by atoms with Gasteiger partial charge in [-0.05, 0) is 37.5 Å². The first kappa shape index (κ1) is 12.2. The van der Waals surface area contributed by atoms with Crippen molar-refractivity contribution in [3.8, 4) is 11.5 Å². The molecule has 1 aromatic heterocycles. The Balaban J connectivity index is 1.85. The molecule has 2 N–H and O–H groups in total. The maximum atomic E-state index is 5.92. The Morgan fingerprint density at radius 3 is 2.68 bits per heavy atom. The number of nitrogen functional groups attached to an aromatic ring is 1. The van der Waals surface area contributed by atoms with Crippen molar-refractivity contribution in [1.82, 2.24) is 10.2 Å². The lowest BCUT2D eigenvalue weighted by molar-refractivity contribution is 0.367. The van der Waals surface area contributed by atoms with Gasteiger partial charge in [-0.1, -0.05) is 25.3 Å². The van der Waals surface area contributed by atoms with Crippen molar-refractivity contribution in [2.45, 2.75) is 44.9 Å². The van der Waals surface area contributed by atoms with Crippen LogP contribution in [0.15, 0.2) is 22.6 Å². The van der Waals surface area contributed by atoms with Crippen molar-refractivity contribution < 1.29 is 4.42 Å². The van der Waals surface area contributed by atoms with Crippen LogP contribution in [-0.2, 0) is 0 Å². The number of hydrogen-bond donors (Lipinski definition) is 1. The number of anilines is 1. The second-order valence-electron chi connectivity index (χ2n) is 5.35. The molecule has 1 aromatic carbocycles. The zero-order valence-corrected chi connectivity index (χ0v) is 11.2. The van der Waals surface area contributed by atoms with E-state index < -0.39 is 0 Å². The highest BCUT2D eigenvalue weighted by atomic mass is 16.4. The lowest BCUT2D eigenvalue weighted by Gasteiger charge is -2.17. The van der Waals surface area contributed by atoms with Crippen LogP contribution >= 0.6 is 0 Å². The van der Waals surface area contributed by atoms with E-state index in [0.717, 1.165) is 35.5 Å². The van der Waals surface area contributed by atoms with Gasteiger partial charge in [-0.2, -0.15) is 0 Å². The SMILES string of the molecule is Cc1ccc(-c2nnc(C3CCCCC3)o2)cc1N. The number of rotatable bonds is 2. The molecule has 4 nitrogen and oxygen atoms in total. The molecule has 1 heterocycles. The average molecular weight is 257 g/mol. The molecule has 1 fully saturated rings. The smallest absolute Gasteiger partial charge is 0.247 e. The highest BCUT2D eigenvalue weighted by Crippen LogP contribution is 2.33. The maximum absolute atomic E-state index is 5.92. The lowest BCUT2D eigenvalue weighted by Crippen LogP contribution is -2.04. The largest absolute Gasteiger partial charge is 0.420 e. The summed E-state index contributed by atoms with van der Waals surface area (Å²) in [6.45, 7) is 1.99. The minimum atomic E-state index is 0.442. The van der Waals surface area contributed by atoms with Gasteiger partial charge in [0.15, 0.2) is 0 Å². The third kappa shape index (κ3) is 2.48.